The fraction of sp³-hybridized carbons (Fsp3) is 0.600. The predicted octanol–water partition coefficient (Wildman–Crippen LogP) is -0.478. The predicted molar refractivity (Wildman–Crippen MR) is 86.9 cm³/mol. The van der Waals surface area contributed by atoms with Gasteiger partial charge in [-0.05, 0) is 25.1 Å². The zero-order valence-corrected chi connectivity index (χ0v) is 13.3. The molecule has 0 spiro atoms. The number of ether oxygens (including phenoxy) is 1. The number of amides is 1. The molecule has 8 nitrogen and oxygen atoms in total. The van der Waals surface area contributed by atoms with Crippen molar-refractivity contribution in [3.8, 4) is 0 Å². The van der Waals surface area contributed by atoms with Crippen LogP contribution in [-0.2, 0) is 16.1 Å². The molecule has 0 bridgehead atoms. The number of nitrogens with zero attached hydrogens (tertiary/aromatic N) is 2. The fourth-order valence-electron chi connectivity index (χ4n) is 2.21. The highest BCUT2D eigenvalue weighted by atomic mass is 16.5. The van der Waals surface area contributed by atoms with Crippen LogP contribution in [0.3, 0.4) is 0 Å². The Balaban J connectivity index is 1.52. The summed E-state index contributed by atoms with van der Waals surface area (Å²) in [6.07, 6.45) is 2.54. The van der Waals surface area contributed by atoms with Crippen LogP contribution in [0.15, 0.2) is 27.8 Å². The molecule has 1 amide bonds. The summed E-state index contributed by atoms with van der Waals surface area (Å²) in [6.45, 7) is 5.69. The van der Waals surface area contributed by atoms with E-state index in [1.165, 1.54) is 0 Å². The summed E-state index contributed by atoms with van der Waals surface area (Å²) < 4.78 is 10.4. The number of nitrogens with one attached hydrogen (secondary N) is 2. The summed E-state index contributed by atoms with van der Waals surface area (Å²) in [4.78, 5) is 18.0. The van der Waals surface area contributed by atoms with E-state index in [9.17, 15) is 4.79 Å². The van der Waals surface area contributed by atoms with Gasteiger partial charge in [0.1, 0.15) is 12.3 Å². The summed E-state index contributed by atoms with van der Waals surface area (Å²) in [6, 6.07) is 3.58. The first-order valence-electron chi connectivity index (χ1n) is 7.87. The molecule has 2 heterocycles. The van der Waals surface area contributed by atoms with Crippen LogP contribution >= 0.6 is 0 Å². The van der Waals surface area contributed by atoms with Gasteiger partial charge < -0.3 is 25.5 Å². The molecule has 0 radical (unpaired) electrons. The van der Waals surface area contributed by atoms with E-state index in [-0.39, 0.29) is 12.5 Å². The Hall–Kier alpha value is -2.06. The van der Waals surface area contributed by atoms with E-state index >= 15 is 0 Å². The van der Waals surface area contributed by atoms with Gasteiger partial charge in [-0.25, -0.2) is 4.99 Å². The minimum atomic E-state index is -0.195. The van der Waals surface area contributed by atoms with E-state index in [1.807, 2.05) is 0 Å². The van der Waals surface area contributed by atoms with Gasteiger partial charge in [0.05, 0.1) is 26.0 Å². The molecular formula is C15H25N5O3. The highest BCUT2D eigenvalue weighted by Gasteiger charge is 2.09. The standard InChI is InChI=1S/C15H25N5O3/c16-15(17-4-2-5-20-6-9-22-10-7-20)19-12-14(21)18-11-13-3-1-8-23-13/h1,3,8H,2,4-7,9-12H2,(H,18,21)(H3,16,17,19). The normalized spacial score (nSPS) is 16.3. The number of carbonyl (C=O) groups excluding carboxylic acids is 1. The Morgan fingerprint density at radius 2 is 2.17 bits per heavy atom. The van der Waals surface area contributed by atoms with Crippen molar-refractivity contribution in [3.05, 3.63) is 24.2 Å². The van der Waals surface area contributed by atoms with Gasteiger partial charge >= 0.3 is 0 Å². The van der Waals surface area contributed by atoms with E-state index in [2.05, 4.69) is 20.5 Å². The lowest BCUT2D eigenvalue weighted by molar-refractivity contribution is -0.119. The first-order valence-corrected chi connectivity index (χ1v) is 7.87. The second kappa shape index (κ2) is 9.86. The maximum atomic E-state index is 11.6. The lowest BCUT2D eigenvalue weighted by Crippen LogP contribution is -2.39. The molecule has 1 saturated heterocycles. The Kier molecular flexibility index (Phi) is 7.41. The van der Waals surface area contributed by atoms with Crippen molar-refractivity contribution in [1.29, 1.82) is 0 Å². The van der Waals surface area contributed by atoms with Gasteiger partial charge in [0.15, 0.2) is 5.96 Å². The number of carbonyl (C=O) groups is 1. The van der Waals surface area contributed by atoms with Crippen molar-refractivity contribution in [2.24, 2.45) is 10.7 Å². The molecule has 0 aliphatic carbocycles. The molecule has 4 N–H and O–H groups in total. The Labute approximate surface area is 136 Å². The third-order valence-corrected chi connectivity index (χ3v) is 3.49. The van der Waals surface area contributed by atoms with Crippen LogP contribution in [0.2, 0.25) is 0 Å². The Morgan fingerprint density at radius 3 is 2.91 bits per heavy atom. The number of morpholine rings is 1. The van der Waals surface area contributed by atoms with Gasteiger partial charge in [-0.1, -0.05) is 0 Å². The molecule has 0 saturated carbocycles. The third kappa shape index (κ3) is 7.16. The molecule has 23 heavy (non-hydrogen) atoms. The van der Waals surface area contributed by atoms with E-state index in [1.54, 1.807) is 18.4 Å². The van der Waals surface area contributed by atoms with Crippen molar-refractivity contribution in [2.75, 3.05) is 45.9 Å². The Bertz CT molecular complexity index is 483. The first kappa shape index (κ1) is 17.3. The average Bonchev–Trinajstić information content (AvgIpc) is 3.09. The second-order valence-corrected chi connectivity index (χ2v) is 5.29. The summed E-state index contributed by atoms with van der Waals surface area (Å²) in [5, 5.41) is 5.73. The highest BCUT2D eigenvalue weighted by Crippen LogP contribution is 1.98. The Morgan fingerprint density at radius 1 is 1.35 bits per heavy atom. The summed E-state index contributed by atoms with van der Waals surface area (Å²) >= 11 is 0. The van der Waals surface area contributed by atoms with Gasteiger partial charge in [0.25, 0.3) is 0 Å². The zero-order valence-electron chi connectivity index (χ0n) is 13.3. The maximum absolute atomic E-state index is 11.6. The zero-order chi connectivity index (χ0) is 16.3. The lowest BCUT2D eigenvalue weighted by atomic mass is 10.3. The van der Waals surface area contributed by atoms with Crippen LogP contribution in [0.1, 0.15) is 12.2 Å². The SMILES string of the molecule is NC(=NCC(=O)NCc1ccco1)NCCCN1CCOCC1. The third-order valence-electron chi connectivity index (χ3n) is 3.49. The number of hydrogen-bond donors (Lipinski definition) is 3. The van der Waals surface area contributed by atoms with Gasteiger partial charge in [0.2, 0.25) is 5.91 Å². The van der Waals surface area contributed by atoms with E-state index in [0.717, 1.165) is 45.8 Å². The van der Waals surface area contributed by atoms with Crippen molar-refractivity contribution in [3.63, 3.8) is 0 Å². The quantitative estimate of drug-likeness (QED) is 0.339. The molecule has 1 aliphatic rings. The van der Waals surface area contributed by atoms with Crippen molar-refractivity contribution >= 4 is 11.9 Å². The largest absolute Gasteiger partial charge is 0.467 e. The summed E-state index contributed by atoms with van der Waals surface area (Å²) in [7, 11) is 0. The minimum Gasteiger partial charge on any atom is -0.467 e. The number of guanidine groups is 1. The number of aliphatic imine (C=N–C) groups is 1. The maximum Gasteiger partial charge on any atom is 0.242 e. The van der Waals surface area contributed by atoms with Crippen molar-refractivity contribution < 1.29 is 13.9 Å². The van der Waals surface area contributed by atoms with E-state index in [0.29, 0.717) is 18.3 Å². The molecule has 1 aliphatic heterocycles. The van der Waals surface area contributed by atoms with Crippen LogP contribution in [0.5, 0.6) is 0 Å². The average molecular weight is 323 g/mol. The smallest absolute Gasteiger partial charge is 0.242 e. The molecule has 128 valence electrons. The van der Waals surface area contributed by atoms with Gasteiger partial charge in [-0.3, -0.25) is 9.69 Å². The molecular weight excluding hydrogens is 298 g/mol. The minimum absolute atomic E-state index is 0.00298. The van der Waals surface area contributed by atoms with Crippen molar-refractivity contribution in [2.45, 2.75) is 13.0 Å². The summed E-state index contributed by atoms with van der Waals surface area (Å²) in [5.41, 5.74) is 5.74. The first-order chi connectivity index (χ1) is 11.2. The number of hydrogen-bond acceptors (Lipinski definition) is 5. The van der Waals surface area contributed by atoms with Crippen LogP contribution in [0.25, 0.3) is 0 Å². The molecule has 0 aromatic carbocycles. The monoisotopic (exact) mass is 323 g/mol. The highest BCUT2D eigenvalue weighted by molar-refractivity contribution is 5.83. The molecule has 1 fully saturated rings. The van der Waals surface area contributed by atoms with Gasteiger partial charge in [0, 0.05) is 19.6 Å². The molecule has 2 rings (SSSR count). The van der Waals surface area contributed by atoms with Crippen LogP contribution in [0.4, 0.5) is 0 Å². The van der Waals surface area contributed by atoms with E-state index < -0.39 is 0 Å². The van der Waals surface area contributed by atoms with Gasteiger partial charge in [-0.15, -0.1) is 0 Å². The number of nitrogens with two attached hydrogens (primary N) is 1. The van der Waals surface area contributed by atoms with Crippen molar-refractivity contribution in [1.82, 2.24) is 15.5 Å². The molecule has 0 unspecified atom stereocenters. The van der Waals surface area contributed by atoms with Crippen LogP contribution in [0, 0.1) is 0 Å². The molecule has 0 atom stereocenters. The lowest BCUT2D eigenvalue weighted by Gasteiger charge is -2.26. The van der Waals surface area contributed by atoms with E-state index in [4.69, 9.17) is 14.9 Å². The molecule has 1 aromatic heterocycles. The van der Waals surface area contributed by atoms with Crippen LogP contribution in [-0.4, -0.2) is 62.7 Å². The molecule has 1 aromatic rings. The van der Waals surface area contributed by atoms with Crippen LogP contribution < -0.4 is 16.4 Å². The van der Waals surface area contributed by atoms with Gasteiger partial charge in [-0.2, -0.15) is 0 Å². The number of furan rings is 1. The second-order valence-electron chi connectivity index (χ2n) is 5.29. The summed E-state index contributed by atoms with van der Waals surface area (Å²) in [5.74, 6) is 0.802. The topological polar surface area (TPSA) is 105 Å². The number of rotatable bonds is 8. The molecule has 8 heteroatoms. The fourth-order valence-corrected chi connectivity index (χ4v) is 2.21.